The van der Waals surface area contributed by atoms with Crippen molar-refractivity contribution in [2.45, 2.75) is 32.9 Å². The molecule has 0 aliphatic heterocycles. The van der Waals surface area contributed by atoms with E-state index in [9.17, 15) is 0 Å². The van der Waals surface area contributed by atoms with E-state index in [1.54, 1.807) is 0 Å². The van der Waals surface area contributed by atoms with Gasteiger partial charge >= 0.3 is 0 Å². The smallest absolute Gasteiger partial charge is 0.0391 e. The Kier molecular flexibility index (Phi) is 3.97. The molecule has 2 atom stereocenters. The van der Waals surface area contributed by atoms with Gasteiger partial charge in [0.2, 0.25) is 0 Å². The zero-order valence-corrected chi connectivity index (χ0v) is 11.4. The number of rotatable bonds is 4. The lowest BCUT2D eigenvalue weighted by molar-refractivity contribution is 0.498. The van der Waals surface area contributed by atoms with Gasteiger partial charge in [0.05, 0.1) is 0 Å². The van der Waals surface area contributed by atoms with Crippen molar-refractivity contribution in [2.75, 3.05) is 0 Å². The van der Waals surface area contributed by atoms with Gasteiger partial charge in [-0.3, -0.25) is 0 Å². The van der Waals surface area contributed by atoms with Gasteiger partial charge in [0.25, 0.3) is 0 Å². The molecule has 1 N–H and O–H groups in total. The van der Waals surface area contributed by atoms with Gasteiger partial charge in [0.1, 0.15) is 0 Å². The van der Waals surface area contributed by atoms with Crippen LogP contribution in [0.25, 0.3) is 0 Å². The third-order valence-corrected chi connectivity index (χ3v) is 4.18. The van der Waals surface area contributed by atoms with Crippen LogP contribution in [0.4, 0.5) is 0 Å². The Morgan fingerprint density at radius 1 is 1.00 bits per heavy atom. The van der Waals surface area contributed by atoms with E-state index in [1.165, 1.54) is 16.0 Å². The van der Waals surface area contributed by atoms with Crippen LogP contribution in [0.1, 0.15) is 41.9 Å². The Hall–Kier alpha value is -1.12. The van der Waals surface area contributed by atoms with Crippen molar-refractivity contribution < 1.29 is 0 Å². The molecule has 2 aromatic rings. The normalized spacial score (nSPS) is 14.5. The van der Waals surface area contributed by atoms with Crippen molar-refractivity contribution in [1.29, 1.82) is 0 Å². The van der Waals surface area contributed by atoms with E-state index in [0.717, 1.165) is 0 Å². The van der Waals surface area contributed by atoms with Gasteiger partial charge in [-0.1, -0.05) is 30.3 Å². The van der Waals surface area contributed by atoms with Gasteiger partial charge in [-0.05, 0) is 43.3 Å². The molecule has 0 spiro atoms. The maximum absolute atomic E-state index is 3.65. The summed E-state index contributed by atoms with van der Waals surface area (Å²) in [6.07, 6.45) is 0. The second kappa shape index (κ2) is 5.48. The molecule has 0 saturated carbocycles. The summed E-state index contributed by atoms with van der Waals surface area (Å²) in [4.78, 5) is 1.39. The van der Waals surface area contributed by atoms with Gasteiger partial charge in [-0.2, -0.15) is 0 Å². The van der Waals surface area contributed by atoms with Crippen LogP contribution >= 0.6 is 11.3 Å². The van der Waals surface area contributed by atoms with Crippen molar-refractivity contribution in [3.05, 3.63) is 57.8 Å². The van der Waals surface area contributed by atoms with E-state index < -0.39 is 0 Å². The molecule has 1 unspecified atom stereocenters. The average molecular weight is 245 g/mol. The molecule has 0 saturated heterocycles. The number of thiophene rings is 1. The van der Waals surface area contributed by atoms with Gasteiger partial charge in [0, 0.05) is 17.0 Å². The molecule has 0 aliphatic rings. The first kappa shape index (κ1) is 12.3. The summed E-state index contributed by atoms with van der Waals surface area (Å²) < 4.78 is 0. The van der Waals surface area contributed by atoms with Crippen molar-refractivity contribution in [1.82, 2.24) is 5.32 Å². The summed E-state index contributed by atoms with van der Waals surface area (Å²) in [5, 5.41) is 5.78. The fourth-order valence-electron chi connectivity index (χ4n) is 2.16. The van der Waals surface area contributed by atoms with Crippen molar-refractivity contribution >= 4 is 11.3 Å². The minimum absolute atomic E-state index is 0.383. The van der Waals surface area contributed by atoms with Crippen molar-refractivity contribution in [3.63, 3.8) is 0 Å². The summed E-state index contributed by atoms with van der Waals surface area (Å²) in [5.74, 6) is 0. The van der Waals surface area contributed by atoms with Crippen LogP contribution in [0.15, 0.2) is 41.8 Å². The van der Waals surface area contributed by atoms with Crippen LogP contribution < -0.4 is 5.32 Å². The molecule has 90 valence electrons. The van der Waals surface area contributed by atoms with E-state index in [1.807, 2.05) is 11.3 Å². The van der Waals surface area contributed by atoms with Crippen LogP contribution in [0.5, 0.6) is 0 Å². The van der Waals surface area contributed by atoms with Gasteiger partial charge < -0.3 is 5.32 Å². The number of benzene rings is 1. The van der Waals surface area contributed by atoms with E-state index in [-0.39, 0.29) is 0 Å². The molecule has 0 radical (unpaired) electrons. The second-order valence-corrected chi connectivity index (χ2v) is 5.46. The highest BCUT2D eigenvalue weighted by Gasteiger charge is 2.12. The van der Waals surface area contributed by atoms with Crippen LogP contribution in [0.2, 0.25) is 0 Å². The van der Waals surface area contributed by atoms with Gasteiger partial charge in [-0.25, -0.2) is 0 Å². The maximum atomic E-state index is 3.65. The molecule has 17 heavy (non-hydrogen) atoms. The summed E-state index contributed by atoms with van der Waals surface area (Å²) in [6.45, 7) is 6.62. The minimum atomic E-state index is 0.383. The Morgan fingerprint density at radius 3 is 2.41 bits per heavy atom. The molecule has 2 rings (SSSR count). The zero-order valence-electron chi connectivity index (χ0n) is 10.6. The second-order valence-electron chi connectivity index (χ2n) is 4.48. The highest BCUT2D eigenvalue weighted by atomic mass is 32.1. The molecule has 1 nitrogen and oxygen atoms in total. The summed E-state index contributed by atoms with van der Waals surface area (Å²) in [5.41, 5.74) is 2.74. The first-order chi connectivity index (χ1) is 8.18. The SMILES string of the molecule is Cc1ccccc1[C@H](C)NC(C)c1cccs1. The van der Waals surface area contributed by atoms with E-state index in [0.29, 0.717) is 12.1 Å². The van der Waals surface area contributed by atoms with Crippen LogP contribution in [-0.4, -0.2) is 0 Å². The molecule has 0 aliphatic carbocycles. The van der Waals surface area contributed by atoms with E-state index >= 15 is 0 Å². The fraction of sp³-hybridized carbons (Fsp3) is 0.333. The zero-order chi connectivity index (χ0) is 12.3. The van der Waals surface area contributed by atoms with Gasteiger partial charge in [0.15, 0.2) is 0 Å². The Bertz CT molecular complexity index is 462. The van der Waals surface area contributed by atoms with Crippen molar-refractivity contribution in [3.8, 4) is 0 Å². The molecule has 1 aromatic carbocycles. The topological polar surface area (TPSA) is 12.0 Å². The standard InChI is InChI=1S/C15H19NS/c1-11-7-4-5-8-14(11)12(2)16-13(3)15-9-6-10-17-15/h4-10,12-13,16H,1-3H3/t12-,13?/m0/s1. The highest BCUT2D eigenvalue weighted by molar-refractivity contribution is 7.10. The first-order valence-corrected chi connectivity index (χ1v) is 6.91. The van der Waals surface area contributed by atoms with E-state index in [2.05, 4.69) is 67.9 Å². The molecular weight excluding hydrogens is 226 g/mol. The Labute approximate surface area is 108 Å². The Balaban J connectivity index is 2.07. The first-order valence-electron chi connectivity index (χ1n) is 6.03. The molecule has 1 heterocycles. The lowest BCUT2D eigenvalue weighted by atomic mass is 10.0. The molecule has 0 bridgehead atoms. The highest BCUT2D eigenvalue weighted by Crippen LogP contribution is 2.23. The predicted octanol–water partition coefficient (Wildman–Crippen LogP) is 4.47. The third-order valence-electron chi connectivity index (χ3n) is 3.12. The lowest BCUT2D eigenvalue weighted by Crippen LogP contribution is -2.22. The van der Waals surface area contributed by atoms with Crippen LogP contribution in [0, 0.1) is 6.92 Å². The average Bonchev–Trinajstić information content (AvgIpc) is 2.82. The summed E-state index contributed by atoms with van der Waals surface area (Å²) in [7, 11) is 0. The minimum Gasteiger partial charge on any atom is -0.303 e. The third kappa shape index (κ3) is 2.96. The molecule has 0 fully saturated rings. The molecular formula is C15H19NS. The molecule has 0 amide bonds. The van der Waals surface area contributed by atoms with Crippen LogP contribution in [0.3, 0.4) is 0 Å². The number of hydrogen-bond donors (Lipinski definition) is 1. The largest absolute Gasteiger partial charge is 0.303 e. The fourth-order valence-corrected chi connectivity index (χ4v) is 2.90. The molecule has 1 aromatic heterocycles. The van der Waals surface area contributed by atoms with Gasteiger partial charge in [-0.15, -0.1) is 11.3 Å². The molecule has 2 heteroatoms. The number of aryl methyl sites for hydroxylation is 1. The van der Waals surface area contributed by atoms with E-state index in [4.69, 9.17) is 0 Å². The summed E-state index contributed by atoms with van der Waals surface area (Å²) >= 11 is 1.81. The van der Waals surface area contributed by atoms with Crippen LogP contribution in [-0.2, 0) is 0 Å². The quantitative estimate of drug-likeness (QED) is 0.838. The Morgan fingerprint density at radius 2 is 1.76 bits per heavy atom. The summed E-state index contributed by atoms with van der Waals surface area (Å²) in [6, 6.07) is 13.7. The monoisotopic (exact) mass is 245 g/mol. The number of nitrogens with one attached hydrogen (secondary N) is 1. The predicted molar refractivity (Wildman–Crippen MR) is 75.5 cm³/mol. The number of hydrogen-bond acceptors (Lipinski definition) is 2. The van der Waals surface area contributed by atoms with Crippen molar-refractivity contribution in [2.24, 2.45) is 0 Å². The maximum Gasteiger partial charge on any atom is 0.0391 e. The lowest BCUT2D eigenvalue weighted by Gasteiger charge is -2.21.